The molecule has 2 amide bonds. The second-order valence-corrected chi connectivity index (χ2v) is 4.98. The lowest BCUT2D eigenvalue weighted by Crippen LogP contribution is -2.36. The third kappa shape index (κ3) is 3.52. The number of nitrogens with two attached hydrogens (primary N) is 1. The van der Waals surface area contributed by atoms with Crippen molar-refractivity contribution in [2.75, 3.05) is 18.4 Å². The summed E-state index contributed by atoms with van der Waals surface area (Å²) < 4.78 is 0.865. The first kappa shape index (κ1) is 14.4. The Labute approximate surface area is 123 Å². The third-order valence-corrected chi connectivity index (χ3v) is 3.02. The fraction of sp³-hybridized carbons (Fsp3) is 0.154. The van der Waals surface area contributed by atoms with E-state index in [9.17, 15) is 9.59 Å². The number of aromatic nitrogens is 1. The van der Waals surface area contributed by atoms with Gasteiger partial charge in [0.1, 0.15) is 0 Å². The van der Waals surface area contributed by atoms with E-state index in [1.807, 2.05) is 18.2 Å². The van der Waals surface area contributed by atoms with Gasteiger partial charge in [-0.3, -0.25) is 14.6 Å². The highest BCUT2D eigenvalue weighted by molar-refractivity contribution is 9.10. The van der Waals surface area contributed by atoms with E-state index in [2.05, 4.69) is 31.5 Å². The number of nitrogens with zero attached hydrogens (tertiary/aromatic N) is 1. The van der Waals surface area contributed by atoms with E-state index in [1.54, 1.807) is 12.3 Å². The minimum Gasteiger partial charge on any atom is -0.346 e. The Morgan fingerprint density at radius 1 is 1.30 bits per heavy atom. The van der Waals surface area contributed by atoms with Crippen LogP contribution >= 0.6 is 15.9 Å². The van der Waals surface area contributed by atoms with Crippen LogP contribution < -0.4 is 16.4 Å². The van der Waals surface area contributed by atoms with Crippen LogP contribution in [0.3, 0.4) is 0 Å². The van der Waals surface area contributed by atoms with Gasteiger partial charge in [0.25, 0.3) is 0 Å². The molecule has 4 N–H and O–H groups in total. The van der Waals surface area contributed by atoms with Crippen LogP contribution in [0.15, 0.2) is 34.9 Å². The molecule has 2 rings (SSSR count). The van der Waals surface area contributed by atoms with Crippen LogP contribution in [-0.4, -0.2) is 29.9 Å². The smallest absolute Gasteiger partial charge is 0.243 e. The van der Waals surface area contributed by atoms with Crippen molar-refractivity contribution in [2.24, 2.45) is 5.73 Å². The van der Waals surface area contributed by atoms with Gasteiger partial charge in [-0.05, 0) is 28.1 Å². The maximum atomic E-state index is 11.7. The predicted octanol–water partition coefficient (Wildman–Crippen LogP) is 1.01. The topological polar surface area (TPSA) is 97.1 Å². The average Bonchev–Trinajstić information content (AvgIpc) is 2.44. The van der Waals surface area contributed by atoms with E-state index in [0.717, 1.165) is 9.86 Å². The lowest BCUT2D eigenvalue weighted by atomic mass is 10.2. The number of pyridine rings is 1. The van der Waals surface area contributed by atoms with Crippen molar-refractivity contribution in [3.8, 4) is 0 Å². The SMILES string of the molecule is NCC(=O)NCC(=O)Nc1cccc2cc(Br)cnc12. The molecule has 20 heavy (non-hydrogen) atoms. The van der Waals surface area contributed by atoms with Crippen molar-refractivity contribution in [2.45, 2.75) is 0 Å². The Morgan fingerprint density at radius 2 is 2.10 bits per heavy atom. The molecule has 7 heteroatoms. The molecule has 1 aromatic heterocycles. The Kier molecular flexibility index (Phi) is 4.65. The highest BCUT2D eigenvalue weighted by Gasteiger charge is 2.08. The molecule has 0 saturated heterocycles. The molecule has 0 atom stereocenters. The van der Waals surface area contributed by atoms with Crippen molar-refractivity contribution in [1.82, 2.24) is 10.3 Å². The van der Waals surface area contributed by atoms with Gasteiger partial charge in [-0.1, -0.05) is 12.1 Å². The van der Waals surface area contributed by atoms with Crippen molar-refractivity contribution in [3.05, 3.63) is 34.9 Å². The molecule has 0 aliphatic rings. The second-order valence-electron chi connectivity index (χ2n) is 4.06. The quantitative estimate of drug-likeness (QED) is 0.776. The number of hydrogen-bond donors (Lipinski definition) is 3. The fourth-order valence-corrected chi connectivity index (χ4v) is 2.03. The average molecular weight is 337 g/mol. The Hall–Kier alpha value is -1.99. The summed E-state index contributed by atoms with van der Waals surface area (Å²) in [5.74, 6) is -0.704. The second kappa shape index (κ2) is 6.44. The van der Waals surface area contributed by atoms with Crippen molar-refractivity contribution >= 4 is 44.3 Å². The van der Waals surface area contributed by atoms with Gasteiger partial charge in [-0.25, -0.2) is 0 Å². The molecule has 0 aliphatic heterocycles. The van der Waals surface area contributed by atoms with E-state index in [4.69, 9.17) is 5.73 Å². The first-order chi connectivity index (χ1) is 9.60. The zero-order chi connectivity index (χ0) is 14.5. The first-order valence-corrected chi connectivity index (χ1v) is 6.70. The number of hydrogen-bond acceptors (Lipinski definition) is 4. The summed E-state index contributed by atoms with van der Waals surface area (Å²) in [7, 11) is 0. The molecule has 2 aromatic rings. The fourth-order valence-electron chi connectivity index (χ4n) is 1.68. The van der Waals surface area contributed by atoms with Crippen molar-refractivity contribution in [1.29, 1.82) is 0 Å². The van der Waals surface area contributed by atoms with Crippen LogP contribution in [0.25, 0.3) is 10.9 Å². The summed E-state index contributed by atoms with van der Waals surface area (Å²) >= 11 is 3.35. The zero-order valence-corrected chi connectivity index (χ0v) is 12.1. The number of anilines is 1. The minimum atomic E-state index is -0.375. The molecule has 0 radical (unpaired) electrons. The van der Waals surface area contributed by atoms with Gasteiger partial charge in [0.15, 0.2) is 0 Å². The lowest BCUT2D eigenvalue weighted by Gasteiger charge is -2.08. The molecule has 0 spiro atoms. The highest BCUT2D eigenvalue weighted by atomic mass is 79.9. The van der Waals surface area contributed by atoms with Gasteiger partial charge < -0.3 is 16.4 Å². The summed E-state index contributed by atoms with van der Waals surface area (Å²) in [6.07, 6.45) is 1.66. The lowest BCUT2D eigenvalue weighted by molar-refractivity contribution is -0.123. The van der Waals surface area contributed by atoms with Crippen molar-refractivity contribution in [3.63, 3.8) is 0 Å². The van der Waals surface area contributed by atoms with Crippen molar-refractivity contribution < 1.29 is 9.59 Å². The monoisotopic (exact) mass is 336 g/mol. The Balaban J connectivity index is 2.13. The van der Waals surface area contributed by atoms with Crippen LogP contribution in [0, 0.1) is 0 Å². The summed E-state index contributed by atoms with van der Waals surface area (Å²) in [4.78, 5) is 27.0. The van der Waals surface area contributed by atoms with E-state index in [-0.39, 0.29) is 24.9 Å². The van der Waals surface area contributed by atoms with Gasteiger partial charge in [0, 0.05) is 16.1 Å². The first-order valence-electron chi connectivity index (χ1n) is 5.91. The van der Waals surface area contributed by atoms with Gasteiger partial charge in [0.05, 0.1) is 24.3 Å². The number of amides is 2. The normalized spacial score (nSPS) is 10.3. The number of benzene rings is 1. The number of carbonyl (C=O) groups is 2. The van der Waals surface area contributed by atoms with E-state index in [1.165, 1.54) is 0 Å². The molecule has 0 unspecified atom stereocenters. The number of halogens is 1. The molecule has 1 aromatic carbocycles. The molecule has 0 fully saturated rings. The van der Waals surface area contributed by atoms with Gasteiger partial charge in [-0.2, -0.15) is 0 Å². The molecular weight excluding hydrogens is 324 g/mol. The maximum Gasteiger partial charge on any atom is 0.243 e. The third-order valence-electron chi connectivity index (χ3n) is 2.58. The van der Waals surface area contributed by atoms with Crippen LogP contribution in [-0.2, 0) is 9.59 Å². The molecular formula is C13H13BrN4O2. The molecule has 104 valence electrons. The minimum absolute atomic E-state index is 0.122. The Bertz CT molecular complexity index is 660. The number of para-hydroxylation sites is 1. The summed E-state index contributed by atoms with van der Waals surface area (Å²) in [5.41, 5.74) is 6.43. The molecule has 0 aliphatic carbocycles. The number of fused-ring (bicyclic) bond motifs is 1. The van der Waals surface area contributed by atoms with E-state index >= 15 is 0 Å². The summed E-state index contributed by atoms with van der Waals surface area (Å²) in [5, 5.41) is 6.02. The van der Waals surface area contributed by atoms with Crippen LogP contribution in [0.2, 0.25) is 0 Å². The summed E-state index contributed by atoms with van der Waals surface area (Å²) in [6.45, 7) is -0.264. The maximum absolute atomic E-state index is 11.7. The molecule has 0 bridgehead atoms. The Morgan fingerprint density at radius 3 is 2.85 bits per heavy atom. The molecule has 0 saturated carbocycles. The summed E-state index contributed by atoms with van der Waals surface area (Å²) in [6, 6.07) is 7.39. The largest absolute Gasteiger partial charge is 0.346 e. The number of carbonyl (C=O) groups excluding carboxylic acids is 2. The van der Waals surface area contributed by atoms with E-state index < -0.39 is 0 Å². The van der Waals surface area contributed by atoms with Gasteiger partial charge in [-0.15, -0.1) is 0 Å². The number of nitrogens with one attached hydrogen (secondary N) is 2. The van der Waals surface area contributed by atoms with Crippen LogP contribution in [0.1, 0.15) is 0 Å². The molecule has 6 nitrogen and oxygen atoms in total. The van der Waals surface area contributed by atoms with Crippen LogP contribution in [0.5, 0.6) is 0 Å². The predicted molar refractivity (Wildman–Crippen MR) is 80.1 cm³/mol. The van der Waals surface area contributed by atoms with Gasteiger partial charge in [0.2, 0.25) is 11.8 Å². The highest BCUT2D eigenvalue weighted by Crippen LogP contribution is 2.23. The molecule has 1 heterocycles. The van der Waals surface area contributed by atoms with E-state index in [0.29, 0.717) is 11.2 Å². The van der Waals surface area contributed by atoms with Gasteiger partial charge >= 0.3 is 0 Å². The number of rotatable bonds is 4. The zero-order valence-electron chi connectivity index (χ0n) is 10.5. The standard InChI is InChI=1S/C13H13BrN4O2/c14-9-4-8-2-1-3-10(13(8)17-6-9)18-12(20)7-16-11(19)5-15/h1-4,6H,5,7,15H2,(H,16,19)(H,18,20). The van der Waals surface area contributed by atoms with Crippen LogP contribution in [0.4, 0.5) is 5.69 Å².